The summed E-state index contributed by atoms with van der Waals surface area (Å²) >= 11 is 7.36. The fourth-order valence-electron chi connectivity index (χ4n) is 2.68. The molecule has 122 valence electrons. The zero-order valence-corrected chi connectivity index (χ0v) is 14.0. The highest BCUT2D eigenvalue weighted by atomic mass is 35.5. The van der Waals surface area contributed by atoms with Gasteiger partial charge in [-0.2, -0.15) is 0 Å². The summed E-state index contributed by atoms with van der Waals surface area (Å²) in [5.41, 5.74) is 0.863. The molecule has 1 aliphatic rings. The van der Waals surface area contributed by atoms with Gasteiger partial charge in [0.25, 0.3) is 0 Å². The van der Waals surface area contributed by atoms with Crippen LogP contribution in [0.2, 0.25) is 5.02 Å². The van der Waals surface area contributed by atoms with Crippen molar-refractivity contribution in [1.29, 1.82) is 0 Å². The lowest BCUT2D eigenvalue weighted by Gasteiger charge is -2.15. The number of nitrogens with one attached hydrogen (secondary N) is 1. The highest BCUT2D eigenvalue weighted by molar-refractivity contribution is 7.13. The second-order valence-corrected chi connectivity index (χ2v) is 6.84. The van der Waals surface area contributed by atoms with E-state index < -0.39 is 5.82 Å². The Morgan fingerprint density at radius 1 is 1.52 bits per heavy atom. The van der Waals surface area contributed by atoms with Crippen LogP contribution in [0.25, 0.3) is 0 Å². The van der Waals surface area contributed by atoms with E-state index in [9.17, 15) is 9.18 Å². The van der Waals surface area contributed by atoms with Crippen molar-refractivity contribution in [3.8, 4) is 0 Å². The standard InChI is InChI=1S/C16H17ClFN3OS/c17-13-9-11(1-3-14(13)18)2-4-15(22)20-12-5-7-21(10-12)16-19-6-8-23-16/h1,3,6,8-9,12H,2,4-5,7,10H2,(H,20,22)/t12-/m0/s1. The molecule has 23 heavy (non-hydrogen) atoms. The van der Waals surface area contributed by atoms with E-state index in [-0.39, 0.29) is 17.0 Å². The van der Waals surface area contributed by atoms with Crippen LogP contribution >= 0.6 is 22.9 Å². The van der Waals surface area contributed by atoms with E-state index in [1.807, 2.05) is 5.38 Å². The minimum absolute atomic E-state index is 0.0106. The third-order valence-electron chi connectivity index (χ3n) is 3.87. The molecule has 7 heteroatoms. The summed E-state index contributed by atoms with van der Waals surface area (Å²) in [6, 6.07) is 4.72. The molecule has 1 saturated heterocycles. The van der Waals surface area contributed by atoms with E-state index in [4.69, 9.17) is 11.6 Å². The number of benzene rings is 1. The molecule has 0 unspecified atom stereocenters. The molecule has 1 fully saturated rings. The molecule has 0 aliphatic carbocycles. The zero-order chi connectivity index (χ0) is 16.2. The largest absolute Gasteiger partial charge is 0.352 e. The molecule has 0 radical (unpaired) electrons. The minimum Gasteiger partial charge on any atom is -0.352 e. The smallest absolute Gasteiger partial charge is 0.220 e. The Hall–Kier alpha value is -1.66. The van der Waals surface area contributed by atoms with E-state index in [2.05, 4.69) is 15.2 Å². The topological polar surface area (TPSA) is 45.2 Å². The SMILES string of the molecule is O=C(CCc1ccc(F)c(Cl)c1)N[C@H]1CCN(c2nccs2)C1. The average molecular weight is 354 g/mol. The number of carbonyl (C=O) groups is 1. The Balaban J connectivity index is 1.45. The van der Waals surface area contributed by atoms with E-state index >= 15 is 0 Å². The number of amides is 1. The Labute approximate surface area is 143 Å². The summed E-state index contributed by atoms with van der Waals surface area (Å²) in [4.78, 5) is 18.5. The first-order valence-corrected chi connectivity index (χ1v) is 8.75. The molecule has 1 N–H and O–H groups in total. The number of hydrogen-bond acceptors (Lipinski definition) is 4. The molecule has 1 amide bonds. The van der Waals surface area contributed by atoms with Crippen LogP contribution in [0, 0.1) is 5.82 Å². The molecule has 4 nitrogen and oxygen atoms in total. The van der Waals surface area contributed by atoms with Crippen LogP contribution in [0.1, 0.15) is 18.4 Å². The van der Waals surface area contributed by atoms with Crippen molar-refractivity contribution in [1.82, 2.24) is 10.3 Å². The highest BCUT2D eigenvalue weighted by Crippen LogP contribution is 2.22. The van der Waals surface area contributed by atoms with E-state index in [1.165, 1.54) is 6.07 Å². The minimum atomic E-state index is -0.437. The highest BCUT2D eigenvalue weighted by Gasteiger charge is 2.25. The van der Waals surface area contributed by atoms with Gasteiger partial charge in [-0.15, -0.1) is 11.3 Å². The number of thiazole rings is 1. The Morgan fingerprint density at radius 3 is 3.13 bits per heavy atom. The first kappa shape index (κ1) is 16.2. The van der Waals surface area contributed by atoms with Crippen molar-refractivity contribution in [2.24, 2.45) is 0 Å². The molecule has 3 rings (SSSR count). The lowest BCUT2D eigenvalue weighted by molar-refractivity contribution is -0.121. The summed E-state index contributed by atoms with van der Waals surface area (Å²) < 4.78 is 13.1. The number of aryl methyl sites for hydroxylation is 1. The molecule has 1 aromatic heterocycles. The van der Waals surface area contributed by atoms with Gasteiger partial charge in [0, 0.05) is 37.1 Å². The number of aromatic nitrogens is 1. The van der Waals surface area contributed by atoms with E-state index in [0.717, 1.165) is 30.2 Å². The van der Waals surface area contributed by atoms with Gasteiger partial charge < -0.3 is 10.2 Å². The van der Waals surface area contributed by atoms with E-state index in [1.54, 1.807) is 29.7 Å². The van der Waals surface area contributed by atoms with Crippen molar-refractivity contribution < 1.29 is 9.18 Å². The van der Waals surface area contributed by atoms with Crippen LogP contribution in [-0.2, 0) is 11.2 Å². The summed E-state index contributed by atoms with van der Waals surface area (Å²) in [6.45, 7) is 1.70. The quantitative estimate of drug-likeness (QED) is 0.897. The van der Waals surface area contributed by atoms with Crippen molar-refractivity contribution in [3.63, 3.8) is 0 Å². The number of anilines is 1. The fraction of sp³-hybridized carbons (Fsp3) is 0.375. The Kier molecular flexibility index (Phi) is 5.13. The molecular formula is C16H17ClFN3OS. The molecule has 1 aliphatic heterocycles. The maximum atomic E-state index is 13.1. The van der Waals surface area contributed by atoms with Gasteiger partial charge in [-0.25, -0.2) is 9.37 Å². The normalized spacial score (nSPS) is 17.5. The fourth-order valence-corrected chi connectivity index (χ4v) is 3.56. The number of rotatable bonds is 5. The maximum Gasteiger partial charge on any atom is 0.220 e. The molecule has 1 atom stereocenters. The average Bonchev–Trinajstić information content (AvgIpc) is 3.19. The van der Waals surface area contributed by atoms with Crippen molar-refractivity contribution in [3.05, 3.63) is 46.2 Å². The lowest BCUT2D eigenvalue weighted by atomic mass is 10.1. The zero-order valence-electron chi connectivity index (χ0n) is 12.5. The van der Waals surface area contributed by atoms with Crippen LogP contribution < -0.4 is 10.2 Å². The third-order valence-corrected chi connectivity index (χ3v) is 4.99. The monoisotopic (exact) mass is 353 g/mol. The molecule has 0 spiro atoms. The van der Waals surface area contributed by atoms with Gasteiger partial charge in [0.05, 0.1) is 5.02 Å². The predicted molar refractivity (Wildman–Crippen MR) is 90.6 cm³/mol. The Morgan fingerprint density at radius 2 is 2.39 bits per heavy atom. The lowest BCUT2D eigenvalue weighted by Crippen LogP contribution is -2.37. The van der Waals surface area contributed by atoms with Gasteiger partial charge in [0.15, 0.2) is 5.13 Å². The molecule has 0 bridgehead atoms. The van der Waals surface area contributed by atoms with Crippen molar-refractivity contribution >= 4 is 34.0 Å². The van der Waals surface area contributed by atoms with Crippen LogP contribution in [0.4, 0.5) is 9.52 Å². The third kappa shape index (κ3) is 4.20. The van der Waals surface area contributed by atoms with Crippen molar-refractivity contribution in [2.75, 3.05) is 18.0 Å². The van der Waals surface area contributed by atoms with Gasteiger partial charge in [-0.05, 0) is 30.5 Å². The van der Waals surface area contributed by atoms with Gasteiger partial charge in [0.2, 0.25) is 5.91 Å². The van der Waals surface area contributed by atoms with Gasteiger partial charge in [-0.3, -0.25) is 4.79 Å². The maximum absolute atomic E-state index is 13.1. The molecule has 2 heterocycles. The second kappa shape index (κ2) is 7.27. The number of carbonyl (C=O) groups excluding carboxylic acids is 1. The van der Waals surface area contributed by atoms with Gasteiger partial charge in [0.1, 0.15) is 5.82 Å². The molecular weight excluding hydrogens is 337 g/mol. The number of hydrogen-bond donors (Lipinski definition) is 1. The van der Waals surface area contributed by atoms with Gasteiger partial charge >= 0.3 is 0 Å². The van der Waals surface area contributed by atoms with Crippen LogP contribution in [0.5, 0.6) is 0 Å². The van der Waals surface area contributed by atoms with Crippen LogP contribution in [0.3, 0.4) is 0 Å². The molecule has 0 saturated carbocycles. The molecule has 2 aromatic rings. The Bertz CT molecular complexity index is 680. The van der Waals surface area contributed by atoms with E-state index in [0.29, 0.717) is 12.8 Å². The molecule has 1 aromatic carbocycles. The second-order valence-electron chi connectivity index (χ2n) is 5.56. The number of nitrogens with zero attached hydrogens (tertiary/aromatic N) is 2. The summed E-state index contributed by atoms with van der Waals surface area (Å²) in [5, 5.41) is 6.11. The summed E-state index contributed by atoms with van der Waals surface area (Å²) in [5.74, 6) is -0.426. The first-order valence-electron chi connectivity index (χ1n) is 7.49. The predicted octanol–water partition coefficient (Wildman–Crippen LogP) is 3.26. The van der Waals surface area contributed by atoms with Crippen LogP contribution in [-0.4, -0.2) is 30.0 Å². The number of halogens is 2. The van der Waals surface area contributed by atoms with Crippen LogP contribution in [0.15, 0.2) is 29.8 Å². The first-order chi connectivity index (χ1) is 11.1. The van der Waals surface area contributed by atoms with Crippen molar-refractivity contribution in [2.45, 2.75) is 25.3 Å². The summed E-state index contributed by atoms with van der Waals surface area (Å²) in [7, 11) is 0. The summed E-state index contributed by atoms with van der Waals surface area (Å²) in [6.07, 6.45) is 3.64. The van der Waals surface area contributed by atoms with Gasteiger partial charge in [-0.1, -0.05) is 17.7 Å².